The molecule has 0 fully saturated rings. The highest BCUT2D eigenvalue weighted by molar-refractivity contribution is 5.97. The average molecular weight is 388 g/mol. The lowest BCUT2D eigenvalue weighted by molar-refractivity contribution is 0.626. The SMILES string of the molecule is CCn1cc(-c2n[nH]c3cc(C#N)c(-c4c(C)cc(CNC)cc4F)cc23)cn1. The van der Waals surface area contributed by atoms with Crippen molar-refractivity contribution >= 4 is 10.9 Å². The van der Waals surface area contributed by atoms with Crippen LogP contribution in [0.2, 0.25) is 0 Å². The first-order valence-corrected chi connectivity index (χ1v) is 9.44. The maximum absolute atomic E-state index is 15.1. The van der Waals surface area contributed by atoms with Crippen LogP contribution < -0.4 is 5.32 Å². The van der Waals surface area contributed by atoms with Crippen molar-refractivity contribution in [2.45, 2.75) is 26.9 Å². The molecule has 2 N–H and O–H groups in total. The zero-order chi connectivity index (χ0) is 20.5. The fraction of sp³-hybridized carbons (Fsp3) is 0.227. The largest absolute Gasteiger partial charge is 0.316 e. The molecular weight excluding hydrogens is 367 g/mol. The third-order valence-electron chi connectivity index (χ3n) is 5.05. The number of hydrogen-bond acceptors (Lipinski definition) is 4. The molecule has 2 aromatic carbocycles. The topological polar surface area (TPSA) is 82.3 Å². The van der Waals surface area contributed by atoms with E-state index in [9.17, 15) is 5.26 Å². The van der Waals surface area contributed by atoms with Crippen molar-refractivity contribution in [2.24, 2.45) is 0 Å². The van der Waals surface area contributed by atoms with Crippen LogP contribution in [-0.4, -0.2) is 27.0 Å². The van der Waals surface area contributed by atoms with E-state index in [1.54, 1.807) is 12.3 Å². The molecular formula is C22H21FN6. The van der Waals surface area contributed by atoms with E-state index in [0.29, 0.717) is 23.2 Å². The van der Waals surface area contributed by atoms with Crippen molar-refractivity contribution < 1.29 is 4.39 Å². The number of nitrogens with zero attached hydrogens (tertiary/aromatic N) is 4. The predicted octanol–water partition coefficient (Wildman–Crippen LogP) is 4.15. The molecule has 4 rings (SSSR count). The number of aromatic nitrogens is 4. The minimum atomic E-state index is -0.338. The van der Waals surface area contributed by atoms with Gasteiger partial charge in [-0.05, 0) is 50.2 Å². The first-order valence-electron chi connectivity index (χ1n) is 9.44. The Balaban J connectivity index is 1.93. The van der Waals surface area contributed by atoms with E-state index in [1.807, 2.05) is 43.9 Å². The Hall–Kier alpha value is -3.50. The van der Waals surface area contributed by atoms with E-state index in [0.717, 1.165) is 39.8 Å². The minimum Gasteiger partial charge on any atom is -0.316 e. The van der Waals surface area contributed by atoms with Gasteiger partial charge >= 0.3 is 0 Å². The van der Waals surface area contributed by atoms with Gasteiger partial charge in [-0.1, -0.05) is 6.07 Å². The summed E-state index contributed by atoms with van der Waals surface area (Å²) in [5.74, 6) is -0.338. The summed E-state index contributed by atoms with van der Waals surface area (Å²) in [5, 5.41) is 25.3. The first-order chi connectivity index (χ1) is 14.0. The molecule has 146 valence electrons. The van der Waals surface area contributed by atoms with Gasteiger partial charge in [0.2, 0.25) is 0 Å². The van der Waals surface area contributed by atoms with E-state index in [2.05, 4.69) is 26.7 Å². The van der Waals surface area contributed by atoms with Gasteiger partial charge in [-0.3, -0.25) is 9.78 Å². The van der Waals surface area contributed by atoms with Crippen molar-refractivity contribution in [3.63, 3.8) is 0 Å². The second-order valence-electron chi connectivity index (χ2n) is 7.01. The monoisotopic (exact) mass is 388 g/mol. The Morgan fingerprint density at radius 3 is 2.76 bits per heavy atom. The number of benzene rings is 2. The lowest BCUT2D eigenvalue weighted by Gasteiger charge is -2.12. The van der Waals surface area contributed by atoms with Crippen molar-refractivity contribution in [1.29, 1.82) is 5.26 Å². The van der Waals surface area contributed by atoms with Crippen molar-refractivity contribution in [1.82, 2.24) is 25.3 Å². The van der Waals surface area contributed by atoms with Gasteiger partial charge in [0, 0.05) is 41.4 Å². The molecule has 0 spiro atoms. The summed E-state index contributed by atoms with van der Waals surface area (Å²) in [6.45, 7) is 5.22. The van der Waals surface area contributed by atoms with Gasteiger partial charge in [-0.25, -0.2) is 4.39 Å². The van der Waals surface area contributed by atoms with Gasteiger partial charge in [0.05, 0.1) is 23.3 Å². The number of aryl methyl sites for hydroxylation is 2. The average Bonchev–Trinajstić information content (AvgIpc) is 3.33. The van der Waals surface area contributed by atoms with Crippen LogP contribution in [0.1, 0.15) is 23.6 Å². The number of H-pyrrole nitrogens is 1. The standard InChI is InChI=1S/C22H21FN6/c1-4-29-12-16(11-26-29)22-18-8-17(15(9-24)7-20(18)27-28-22)21-13(2)5-14(10-25-3)6-19(21)23/h5-8,11-12,25H,4,10H2,1-3H3,(H,27,28). The summed E-state index contributed by atoms with van der Waals surface area (Å²) < 4.78 is 16.9. The Bertz CT molecular complexity index is 1220. The van der Waals surface area contributed by atoms with E-state index in [1.165, 1.54) is 6.07 Å². The fourth-order valence-electron chi connectivity index (χ4n) is 3.71. The summed E-state index contributed by atoms with van der Waals surface area (Å²) in [5.41, 5.74) is 5.40. The van der Waals surface area contributed by atoms with Crippen LogP contribution in [0, 0.1) is 24.1 Å². The second kappa shape index (κ2) is 7.49. The molecule has 0 aliphatic rings. The van der Waals surface area contributed by atoms with Gasteiger partial charge < -0.3 is 5.32 Å². The number of nitrogens with one attached hydrogen (secondary N) is 2. The number of fused-ring (bicyclic) bond motifs is 1. The Morgan fingerprint density at radius 1 is 1.28 bits per heavy atom. The number of hydrogen-bond donors (Lipinski definition) is 2. The molecule has 0 saturated heterocycles. The third-order valence-corrected chi connectivity index (χ3v) is 5.05. The zero-order valence-corrected chi connectivity index (χ0v) is 16.5. The Labute approximate surface area is 168 Å². The summed E-state index contributed by atoms with van der Waals surface area (Å²) in [6.07, 6.45) is 3.68. The van der Waals surface area contributed by atoms with E-state index in [4.69, 9.17) is 0 Å². The first kappa shape index (κ1) is 18.8. The van der Waals surface area contributed by atoms with Gasteiger partial charge in [0.1, 0.15) is 11.5 Å². The molecule has 2 heterocycles. The second-order valence-corrected chi connectivity index (χ2v) is 7.01. The van der Waals surface area contributed by atoms with Crippen LogP contribution in [0.4, 0.5) is 4.39 Å². The number of halogens is 1. The highest BCUT2D eigenvalue weighted by atomic mass is 19.1. The lowest BCUT2D eigenvalue weighted by atomic mass is 9.92. The van der Waals surface area contributed by atoms with Crippen molar-refractivity contribution in [3.8, 4) is 28.5 Å². The maximum atomic E-state index is 15.1. The number of rotatable bonds is 5. The Kier molecular flexibility index (Phi) is 4.87. The maximum Gasteiger partial charge on any atom is 0.131 e. The molecule has 0 radical (unpaired) electrons. The van der Waals surface area contributed by atoms with Crippen LogP contribution in [0.3, 0.4) is 0 Å². The molecule has 4 aromatic rings. The summed E-state index contributed by atoms with van der Waals surface area (Å²) in [6, 6.07) is 9.24. The summed E-state index contributed by atoms with van der Waals surface area (Å²) in [4.78, 5) is 0. The van der Waals surface area contributed by atoms with E-state index >= 15 is 4.39 Å². The number of nitriles is 1. The highest BCUT2D eigenvalue weighted by Gasteiger charge is 2.18. The third kappa shape index (κ3) is 3.28. The molecule has 0 saturated carbocycles. The predicted molar refractivity (Wildman–Crippen MR) is 111 cm³/mol. The smallest absolute Gasteiger partial charge is 0.131 e. The summed E-state index contributed by atoms with van der Waals surface area (Å²) >= 11 is 0. The normalized spacial score (nSPS) is 11.1. The Morgan fingerprint density at radius 2 is 2.10 bits per heavy atom. The van der Waals surface area contributed by atoms with Crippen LogP contribution in [0.15, 0.2) is 36.7 Å². The summed E-state index contributed by atoms with van der Waals surface area (Å²) in [7, 11) is 1.82. The van der Waals surface area contributed by atoms with Crippen LogP contribution in [0.25, 0.3) is 33.3 Å². The van der Waals surface area contributed by atoms with Crippen LogP contribution in [0.5, 0.6) is 0 Å². The van der Waals surface area contributed by atoms with E-state index < -0.39 is 0 Å². The lowest BCUT2D eigenvalue weighted by Crippen LogP contribution is -2.06. The van der Waals surface area contributed by atoms with Crippen LogP contribution >= 0.6 is 0 Å². The van der Waals surface area contributed by atoms with Gasteiger partial charge in [-0.2, -0.15) is 15.5 Å². The van der Waals surface area contributed by atoms with Gasteiger partial charge in [0.15, 0.2) is 0 Å². The molecule has 0 amide bonds. The van der Waals surface area contributed by atoms with Crippen molar-refractivity contribution in [3.05, 3.63) is 59.2 Å². The van der Waals surface area contributed by atoms with E-state index in [-0.39, 0.29) is 5.82 Å². The highest BCUT2D eigenvalue weighted by Crippen LogP contribution is 2.36. The van der Waals surface area contributed by atoms with Gasteiger partial charge in [-0.15, -0.1) is 0 Å². The molecule has 2 aromatic heterocycles. The molecule has 0 bridgehead atoms. The molecule has 6 nitrogen and oxygen atoms in total. The minimum absolute atomic E-state index is 0.338. The number of aromatic amines is 1. The quantitative estimate of drug-likeness (QED) is 0.538. The molecule has 0 aliphatic heterocycles. The van der Waals surface area contributed by atoms with Gasteiger partial charge in [0.25, 0.3) is 0 Å². The molecule has 7 heteroatoms. The fourth-order valence-corrected chi connectivity index (χ4v) is 3.71. The zero-order valence-electron chi connectivity index (χ0n) is 16.5. The molecule has 0 unspecified atom stereocenters. The molecule has 0 atom stereocenters. The van der Waals surface area contributed by atoms with Crippen molar-refractivity contribution in [2.75, 3.05) is 7.05 Å². The molecule has 0 aliphatic carbocycles. The van der Waals surface area contributed by atoms with Crippen LogP contribution in [-0.2, 0) is 13.1 Å². The molecule has 29 heavy (non-hydrogen) atoms.